The maximum atomic E-state index is 11.0. The first-order chi connectivity index (χ1) is 10.8. The quantitative estimate of drug-likeness (QED) is 0.579. The molecule has 2 unspecified atom stereocenters. The van der Waals surface area contributed by atoms with E-state index in [9.17, 15) is 4.79 Å². The van der Waals surface area contributed by atoms with Crippen molar-refractivity contribution in [3.8, 4) is 0 Å². The van der Waals surface area contributed by atoms with Gasteiger partial charge in [0.25, 0.3) is 0 Å². The van der Waals surface area contributed by atoms with Crippen LogP contribution in [-0.2, 0) is 4.74 Å². The molecule has 1 saturated carbocycles. The lowest BCUT2D eigenvalue weighted by molar-refractivity contribution is 0.115. The average Bonchev–Trinajstić information content (AvgIpc) is 2.47. The maximum absolute atomic E-state index is 11.0. The number of nitrogens with one attached hydrogen (secondary N) is 1. The number of nitrogens with two attached hydrogens (primary N) is 1. The summed E-state index contributed by atoms with van der Waals surface area (Å²) < 4.78 is 5.12. The van der Waals surface area contributed by atoms with Gasteiger partial charge in [-0.2, -0.15) is 0 Å². The molecule has 3 N–H and O–H groups in total. The Hall–Kier alpha value is -0.553. The fourth-order valence-electron chi connectivity index (χ4n) is 3.56. The Labute approximate surface area is 143 Å². The standard InChI is InChI=1S/C18H38N2O2Si/c1-5-16(14-22-18(19)21)17(20-11-12-23(2,3)4)13-15-9-7-6-8-10-15/h15-17,20H,5-14H2,1-4H3,(H2,19,21). The minimum Gasteiger partial charge on any atom is -0.449 e. The van der Waals surface area contributed by atoms with Gasteiger partial charge < -0.3 is 15.8 Å². The fraction of sp³-hybridized carbons (Fsp3) is 0.944. The highest BCUT2D eigenvalue weighted by atomic mass is 28.3. The van der Waals surface area contributed by atoms with E-state index in [1.54, 1.807) is 0 Å². The third-order valence-corrected chi connectivity index (χ3v) is 6.88. The van der Waals surface area contributed by atoms with Crippen molar-refractivity contribution in [3.05, 3.63) is 0 Å². The van der Waals surface area contributed by atoms with Gasteiger partial charge in [0.15, 0.2) is 0 Å². The summed E-state index contributed by atoms with van der Waals surface area (Å²) in [5.41, 5.74) is 5.16. The van der Waals surface area contributed by atoms with Crippen LogP contribution < -0.4 is 11.1 Å². The number of hydrogen-bond acceptors (Lipinski definition) is 3. The highest BCUT2D eigenvalue weighted by molar-refractivity contribution is 6.76. The molecule has 1 amide bonds. The predicted molar refractivity (Wildman–Crippen MR) is 100 cm³/mol. The Balaban J connectivity index is 2.58. The van der Waals surface area contributed by atoms with E-state index in [2.05, 4.69) is 31.9 Å². The van der Waals surface area contributed by atoms with Gasteiger partial charge in [0.05, 0.1) is 6.61 Å². The second-order valence-electron chi connectivity index (χ2n) is 8.41. The molecule has 0 aromatic rings. The lowest BCUT2D eigenvalue weighted by Gasteiger charge is -2.32. The number of amides is 1. The second kappa shape index (κ2) is 10.3. The number of carbonyl (C=O) groups excluding carboxylic acids is 1. The van der Waals surface area contributed by atoms with E-state index in [1.165, 1.54) is 44.6 Å². The summed E-state index contributed by atoms with van der Waals surface area (Å²) in [6.07, 6.45) is 8.45. The van der Waals surface area contributed by atoms with Gasteiger partial charge in [0.2, 0.25) is 0 Å². The molecular weight excluding hydrogens is 304 g/mol. The summed E-state index contributed by atoms with van der Waals surface area (Å²) in [4.78, 5) is 11.0. The molecule has 1 aliphatic carbocycles. The topological polar surface area (TPSA) is 64.3 Å². The van der Waals surface area contributed by atoms with Crippen LogP contribution in [0.2, 0.25) is 25.7 Å². The molecule has 0 heterocycles. The van der Waals surface area contributed by atoms with Gasteiger partial charge in [-0.1, -0.05) is 58.7 Å². The first-order valence-corrected chi connectivity index (χ1v) is 13.2. The number of hydrogen-bond donors (Lipinski definition) is 2. The van der Waals surface area contributed by atoms with E-state index < -0.39 is 14.2 Å². The largest absolute Gasteiger partial charge is 0.449 e. The predicted octanol–water partition coefficient (Wildman–Crippen LogP) is 4.37. The molecule has 0 spiro atoms. The summed E-state index contributed by atoms with van der Waals surface area (Å²) >= 11 is 0. The van der Waals surface area contributed by atoms with Crippen molar-refractivity contribution < 1.29 is 9.53 Å². The van der Waals surface area contributed by atoms with Crippen LogP contribution in [0.1, 0.15) is 51.9 Å². The van der Waals surface area contributed by atoms with Crippen molar-refractivity contribution in [3.63, 3.8) is 0 Å². The second-order valence-corrected chi connectivity index (χ2v) is 14.0. The molecule has 0 saturated heterocycles. The molecule has 5 heteroatoms. The fourth-order valence-corrected chi connectivity index (χ4v) is 4.46. The van der Waals surface area contributed by atoms with E-state index in [1.807, 2.05) is 0 Å². The molecule has 1 fully saturated rings. The first-order valence-electron chi connectivity index (χ1n) is 9.47. The van der Waals surface area contributed by atoms with Crippen molar-refractivity contribution in [1.29, 1.82) is 0 Å². The minimum absolute atomic E-state index is 0.367. The zero-order valence-electron chi connectivity index (χ0n) is 15.7. The summed E-state index contributed by atoms with van der Waals surface area (Å²) in [7, 11) is -1.03. The molecule has 0 radical (unpaired) electrons. The molecule has 1 aliphatic rings. The van der Waals surface area contributed by atoms with Crippen LogP contribution in [0.15, 0.2) is 0 Å². The van der Waals surface area contributed by atoms with E-state index in [4.69, 9.17) is 10.5 Å². The molecular formula is C18H38N2O2Si. The third kappa shape index (κ3) is 9.35. The Kier molecular flexibility index (Phi) is 9.21. The van der Waals surface area contributed by atoms with Gasteiger partial charge in [-0.15, -0.1) is 0 Å². The Morgan fingerprint density at radius 3 is 2.43 bits per heavy atom. The normalized spacial score (nSPS) is 19.3. The van der Waals surface area contributed by atoms with Crippen LogP contribution in [0.3, 0.4) is 0 Å². The van der Waals surface area contributed by atoms with Crippen molar-refractivity contribution in [2.45, 2.75) is 83.6 Å². The van der Waals surface area contributed by atoms with Crippen LogP contribution in [0, 0.1) is 11.8 Å². The molecule has 0 bridgehead atoms. The van der Waals surface area contributed by atoms with E-state index in [0.29, 0.717) is 18.6 Å². The van der Waals surface area contributed by atoms with Crippen molar-refractivity contribution in [1.82, 2.24) is 5.32 Å². The highest BCUT2D eigenvalue weighted by Crippen LogP contribution is 2.29. The number of primary amides is 1. The van der Waals surface area contributed by atoms with Gasteiger partial charge in [0, 0.05) is 20.0 Å². The van der Waals surface area contributed by atoms with E-state index in [0.717, 1.165) is 18.9 Å². The molecule has 1 rings (SSSR count). The van der Waals surface area contributed by atoms with E-state index in [-0.39, 0.29) is 0 Å². The van der Waals surface area contributed by atoms with Crippen LogP contribution in [0.5, 0.6) is 0 Å². The lowest BCUT2D eigenvalue weighted by Crippen LogP contribution is -2.42. The SMILES string of the molecule is CCC(COC(N)=O)C(CC1CCCCC1)NCC[Si](C)(C)C. The average molecular weight is 343 g/mol. The monoisotopic (exact) mass is 342 g/mol. The van der Waals surface area contributed by atoms with Gasteiger partial charge >= 0.3 is 6.09 Å². The molecule has 0 aliphatic heterocycles. The highest BCUT2D eigenvalue weighted by Gasteiger charge is 2.26. The van der Waals surface area contributed by atoms with E-state index >= 15 is 0 Å². The molecule has 0 aromatic carbocycles. The molecule has 0 aromatic heterocycles. The lowest BCUT2D eigenvalue weighted by atomic mass is 9.81. The van der Waals surface area contributed by atoms with Gasteiger partial charge in [0.1, 0.15) is 0 Å². The van der Waals surface area contributed by atoms with Crippen LogP contribution in [-0.4, -0.2) is 33.4 Å². The van der Waals surface area contributed by atoms with Gasteiger partial charge in [-0.05, 0) is 31.3 Å². The third-order valence-electron chi connectivity index (χ3n) is 5.13. The number of ether oxygens (including phenoxy) is 1. The smallest absolute Gasteiger partial charge is 0.404 e. The molecule has 23 heavy (non-hydrogen) atoms. The summed E-state index contributed by atoms with van der Waals surface area (Å²) in [5.74, 6) is 1.20. The first kappa shape index (κ1) is 20.5. The molecule has 4 nitrogen and oxygen atoms in total. The summed E-state index contributed by atoms with van der Waals surface area (Å²) in [6.45, 7) is 11.0. The van der Waals surface area contributed by atoms with Crippen molar-refractivity contribution in [2.75, 3.05) is 13.2 Å². The van der Waals surface area contributed by atoms with Crippen molar-refractivity contribution in [2.24, 2.45) is 17.6 Å². The van der Waals surface area contributed by atoms with Gasteiger partial charge in [-0.25, -0.2) is 4.79 Å². The van der Waals surface area contributed by atoms with Crippen LogP contribution in [0.25, 0.3) is 0 Å². The van der Waals surface area contributed by atoms with Gasteiger partial charge in [-0.3, -0.25) is 0 Å². The van der Waals surface area contributed by atoms with Crippen molar-refractivity contribution >= 4 is 14.2 Å². The summed E-state index contributed by atoms with van der Waals surface area (Å²) in [6, 6.07) is 1.74. The Morgan fingerprint density at radius 1 is 1.26 bits per heavy atom. The zero-order chi connectivity index (χ0) is 17.3. The maximum Gasteiger partial charge on any atom is 0.404 e. The summed E-state index contributed by atoms with van der Waals surface area (Å²) in [5, 5.41) is 3.80. The van der Waals surface area contributed by atoms with Crippen LogP contribution in [0.4, 0.5) is 4.79 Å². The number of carbonyl (C=O) groups is 1. The Morgan fingerprint density at radius 2 is 1.91 bits per heavy atom. The minimum atomic E-state index is -1.03. The van der Waals surface area contributed by atoms with Crippen LogP contribution >= 0.6 is 0 Å². The molecule has 136 valence electrons. The molecule has 2 atom stereocenters. The Bertz CT molecular complexity index is 338. The zero-order valence-corrected chi connectivity index (χ0v) is 16.7. The number of rotatable bonds is 10.